The second kappa shape index (κ2) is 4.81. The molecule has 1 aromatic heterocycles. The van der Waals surface area contributed by atoms with Crippen LogP contribution in [0, 0.1) is 0 Å². The minimum atomic E-state index is -0.972. The van der Waals surface area contributed by atoms with Crippen molar-refractivity contribution in [3.8, 4) is 0 Å². The summed E-state index contributed by atoms with van der Waals surface area (Å²) >= 11 is 1.66. The molecule has 0 aliphatic rings. The SMILES string of the molecule is CSc1ccc2[nH]cc(C[C@H](N)C(=O)O)c2c1. The number of aromatic nitrogens is 1. The van der Waals surface area contributed by atoms with Gasteiger partial charge >= 0.3 is 5.97 Å². The Bertz CT molecular complexity index is 550. The molecule has 0 saturated heterocycles. The Labute approximate surface area is 103 Å². The molecule has 4 nitrogen and oxygen atoms in total. The molecule has 0 amide bonds. The van der Waals surface area contributed by atoms with Crippen molar-refractivity contribution in [3.63, 3.8) is 0 Å². The van der Waals surface area contributed by atoms with E-state index in [2.05, 4.69) is 11.1 Å². The molecule has 0 fully saturated rings. The summed E-state index contributed by atoms with van der Waals surface area (Å²) in [5.74, 6) is -0.972. The first kappa shape index (κ1) is 12.0. The van der Waals surface area contributed by atoms with E-state index in [0.717, 1.165) is 21.4 Å². The smallest absolute Gasteiger partial charge is 0.320 e. The summed E-state index contributed by atoms with van der Waals surface area (Å²) < 4.78 is 0. The molecule has 1 aromatic carbocycles. The molecule has 90 valence electrons. The third-order valence-corrected chi connectivity index (χ3v) is 3.46. The van der Waals surface area contributed by atoms with E-state index in [1.165, 1.54) is 0 Å². The minimum absolute atomic E-state index is 0.340. The van der Waals surface area contributed by atoms with Crippen LogP contribution in [-0.4, -0.2) is 28.4 Å². The third kappa shape index (κ3) is 2.45. The zero-order valence-electron chi connectivity index (χ0n) is 9.43. The fourth-order valence-corrected chi connectivity index (χ4v) is 2.22. The summed E-state index contributed by atoms with van der Waals surface area (Å²) in [4.78, 5) is 15.0. The highest BCUT2D eigenvalue weighted by molar-refractivity contribution is 7.98. The number of carbonyl (C=O) groups is 1. The number of hydrogen-bond donors (Lipinski definition) is 3. The van der Waals surface area contributed by atoms with E-state index in [1.54, 1.807) is 11.8 Å². The lowest BCUT2D eigenvalue weighted by atomic mass is 10.1. The molecular formula is C12H14N2O2S. The van der Waals surface area contributed by atoms with Gasteiger partial charge in [0.2, 0.25) is 0 Å². The summed E-state index contributed by atoms with van der Waals surface area (Å²) in [6.07, 6.45) is 4.18. The maximum Gasteiger partial charge on any atom is 0.320 e. The van der Waals surface area contributed by atoms with Gasteiger partial charge in [-0.05, 0) is 30.0 Å². The molecule has 5 heteroatoms. The van der Waals surface area contributed by atoms with Gasteiger partial charge in [0.05, 0.1) is 0 Å². The number of aromatic amines is 1. The Morgan fingerprint density at radius 1 is 1.59 bits per heavy atom. The molecule has 2 rings (SSSR count). The van der Waals surface area contributed by atoms with E-state index >= 15 is 0 Å². The second-order valence-corrected chi connectivity index (χ2v) is 4.75. The zero-order valence-corrected chi connectivity index (χ0v) is 10.3. The summed E-state index contributed by atoms with van der Waals surface area (Å²) in [5, 5.41) is 9.86. The number of rotatable bonds is 4. The van der Waals surface area contributed by atoms with Crippen LogP contribution in [0.3, 0.4) is 0 Å². The van der Waals surface area contributed by atoms with Gasteiger partial charge in [-0.25, -0.2) is 0 Å². The average molecular weight is 250 g/mol. The van der Waals surface area contributed by atoms with E-state index < -0.39 is 12.0 Å². The number of nitrogens with one attached hydrogen (secondary N) is 1. The molecule has 17 heavy (non-hydrogen) atoms. The number of fused-ring (bicyclic) bond motifs is 1. The molecule has 2 aromatic rings. The van der Waals surface area contributed by atoms with E-state index in [9.17, 15) is 4.79 Å². The molecule has 0 saturated carbocycles. The van der Waals surface area contributed by atoms with Crippen LogP contribution in [0.1, 0.15) is 5.56 Å². The van der Waals surface area contributed by atoms with Crippen LogP contribution in [0.2, 0.25) is 0 Å². The molecule has 0 unspecified atom stereocenters. The average Bonchev–Trinajstić information content (AvgIpc) is 2.71. The van der Waals surface area contributed by atoms with E-state index in [4.69, 9.17) is 10.8 Å². The first-order valence-electron chi connectivity index (χ1n) is 5.24. The first-order valence-corrected chi connectivity index (χ1v) is 6.46. The van der Waals surface area contributed by atoms with Crippen molar-refractivity contribution in [1.29, 1.82) is 0 Å². The topological polar surface area (TPSA) is 79.1 Å². The number of nitrogens with two attached hydrogens (primary N) is 1. The van der Waals surface area contributed by atoms with Gasteiger partial charge in [-0.1, -0.05) is 0 Å². The number of aliphatic carboxylic acids is 1. The van der Waals surface area contributed by atoms with Gasteiger partial charge in [0.25, 0.3) is 0 Å². The van der Waals surface area contributed by atoms with Crippen molar-refractivity contribution >= 4 is 28.6 Å². The highest BCUT2D eigenvalue weighted by Crippen LogP contribution is 2.25. The maximum absolute atomic E-state index is 10.7. The standard InChI is InChI=1S/C12H14N2O2S/c1-17-8-2-3-11-9(5-8)7(6-14-11)4-10(13)12(15)16/h2-3,5-6,10,14H,4,13H2,1H3,(H,15,16)/t10-/m0/s1. The number of thioether (sulfide) groups is 1. The fourth-order valence-electron chi connectivity index (χ4n) is 1.78. The monoisotopic (exact) mass is 250 g/mol. The Hall–Kier alpha value is -1.46. The van der Waals surface area contributed by atoms with Crippen LogP contribution in [0.5, 0.6) is 0 Å². The number of carboxylic acid groups (broad SMARTS) is 1. The molecule has 4 N–H and O–H groups in total. The molecule has 0 spiro atoms. The van der Waals surface area contributed by atoms with Gasteiger partial charge < -0.3 is 15.8 Å². The van der Waals surface area contributed by atoms with Gasteiger partial charge in [-0.15, -0.1) is 11.8 Å². The number of carboxylic acids is 1. The van der Waals surface area contributed by atoms with Crippen LogP contribution >= 0.6 is 11.8 Å². The fraction of sp³-hybridized carbons (Fsp3) is 0.250. The molecule has 1 heterocycles. The predicted octanol–water partition coefficient (Wildman–Crippen LogP) is 1.84. The molecule has 0 aliphatic heterocycles. The van der Waals surface area contributed by atoms with Crippen molar-refractivity contribution in [2.75, 3.05) is 6.26 Å². The van der Waals surface area contributed by atoms with Crippen LogP contribution < -0.4 is 5.73 Å². The molecule has 0 radical (unpaired) electrons. The molecular weight excluding hydrogens is 236 g/mol. The van der Waals surface area contributed by atoms with Gasteiger partial charge in [0.1, 0.15) is 6.04 Å². The summed E-state index contributed by atoms with van der Waals surface area (Å²) in [6, 6.07) is 5.23. The van der Waals surface area contributed by atoms with Gasteiger partial charge in [0, 0.05) is 28.4 Å². The summed E-state index contributed by atoms with van der Waals surface area (Å²) in [6.45, 7) is 0. The first-order chi connectivity index (χ1) is 8.11. The maximum atomic E-state index is 10.7. The van der Waals surface area contributed by atoms with Crippen molar-refractivity contribution in [1.82, 2.24) is 4.98 Å². The van der Waals surface area contributed by atoms with Crippen molar-refractivity contribution in [2.24, 2.45) is 5.73 Å². The third-order valence-electron chi connectivity index (χ3n) is 2.73. The van der Waals surface area contributed by atoms with Crippen LogP contribution in [-0.2, 0) is 11.2 Å². The summed E-state index contributed by atoms with van der Waals surface area (Å²) in [7, 11) is 0. The number of hydrogen-bond acceptors (Lipinski definition) is 3. The van der Waals surface area contributed by atoms with E-state index in [1.807, 2.05) is 24.6 Å². The minimum Gasteiger partial charge on any atom is -0.480 e. The van der Waals surface area contributed by atoms with Crippen molar-refractivity contribution in [3.05, 3.63) is 30.0 Å². The highest BCUT2D eigenvalue weighted by Gasteiger charge is 2.14. The largest absolute Gasteiger partial charge is 0.480 e. The van der Waals surface area contributed by atoms with Crippen LogP contribution in [0.25, 0.3) is 10.9 Å². The number of benzene rings is 1. The van der Waals surface area contributed by atoms with Crippen LogP contribution in [0.15, 0.2) is 29.3 Å². The lowest BCUT2D eigenvalue weighted by Crippen LogP contribution is -2.32. The van der Waals surface area contributed by atoms with Gasteiger partial charge in [-0.3, -0.25) is 4.79 Å². The zero-order chi connectivity index (χ0) is 12.4. The van der Waals surface area contributed by atoms with E-state index in [-0.39, 0.29) is 0 Å². The van der Waals surface area contributed by atoms with Crippen molar-refractivity contribution in [2.45, 2.75) is 17.4 Å². The Morgan fingerprint density at radius 2 is 2.35 bits per heavy atom. The number of H-pyrrole nitrogens is 1. The normalized spacial score (nSPS) is 12.8. The van der Waals surface area contributed by atoms with Crippen LogP contribution in [0.4, 0.5) is 0 Å². The Kier molecular flexibility index (Phi) is 3.40. The van der Waals surface area contributed by atoms with Gasteiger partial charge in [-0.2, -0.15) is 0 Å². The molecule has 0 aliphatic carbocycles. The molecule has 0 bridgehead atoms. The highest BCUT2D eigenvalue weighted by atomic mass is 32.2. The predicted molar refractivity (Wildman–Crippen MR) is 69.4 cm³/mol. The molecule has 1 atom stereocenters. The Morgan fingerprint density at radius 3 is 3.00 bits per heavy atom. The quantitative estimate of drug-likeness (QED) is 0.723. The lowest BCUT2D eigenvalue weighted by Gasteiger charge is -2.05. The summed E-state index contributed by atoms with van der Waals surface area (Å²) in [5.41, 5.74) is 7.51. The second-order valence-electron chi connectivity index (χ2n) is 3.87. The van der Waals surface area contributed by atoms with Gasteiger partial charge in [0.15, 0.2) is 0 Å². The lowest BCUT2D eigenvalue weighted by molar-refractivity contribution is -0.138. The van der Waals surface area contributed by atoms with Crippen molar-refractivity contribution < 1.29 is 9.90 Å². The van der Waals surface area contributed by atoms with E-state index in [0.29, 0.717) is 6.42 Å². The Balaban J connectivity index is 2.37.